The van der Waals surface area contributed by atoms with Crippen LogP contribution in [0, 0.1) is 0 Å². The Morgan fingerprint density at radius 2 is 2.08 bits per heavy atom. The fourth-order valence-corrected chi connectivity index (χ4v) is 3.72. The van der Waals surface area contributed by atoms with Crippen LogP contribution in [-0.4, -0.2) is 41.7 Å². The summed E-state index contributed by atoms with van der Waals surface area (Å²) in [5.74, 6) is 2.89. The average molecular weight is 343 g/mol. The first kappa shape index (κ1) is 16.3. The summed E-state index contributed by atoms with van der Waals surface area (Å²) in [7, 11) is 1.67. The largest absolute Gasteiger partial charge is 0.493 e. The van der Waals surface area contributed by atoms with Crippen molar-refractivity contribution in [1.82, 2.24) is 14.7 Å². The molecule has 0 spiro atoms. The summed E-state index contributed by atoms with van der Waals surface area (Å²) in [6.45, 7) is 6.43. The molecule has 0 bridgehead atoms. The van der Waals surface area contributed by atoms with Crippen molar-refractivity contribution in [2.75, 3.05) is 27.0 Å². The number of ether oxygens (including phenoxy) is 3. The molecule has 6 heteroatoms. The predicted octanol–water partition coefficient (Wildman–Crippen LogP) is 3.02. The highest BCUT2D eigenvalue weighted by Gasteiger charge is 2.24. The van der Waals surface area contributed by atoms with Gasteiger partial charge in [0.2, 0.25) is 12.5 Å². The molecule has 0 unspecified atom stereocenters. The molecule has 1 fully saturated rings. The molecule has 2 aliphatic rings. The van der Waals surface area contributed by atoms with Crippen molar-refractivity contribution in [3.05, 3.63) is 35.7 Å². The molecular formula is C19H25N3O3. The Bertz CT molecular complexity index is 736. The normalized spacial score (nSPS) is 17.8. The summed E-state index contributed by atoms with van der Waals surface area (Å²) in [4.78, 5) is 2.50. The van der Waals surface area contributed by atoms with Crippen molar-refractivity contribution >= 4 is 0 Å². The monoisotopic (exact) mass is 343 g/mol. The van der Waals surface area contributed by atoms with Gasteiger partial charge in [-0.3, -0.25) is 9.58 Å². The Hall–Kier alpha value is -2.21. The van der Waals surface area contributed by atoms with Crippen molar-refractivity contribution in [2.24, 2.45) is 0 Å². The van der Waals surface area contributed by atoms with Gasteiger partial charge in [0.15, 0.2) is 11.5 Å². The summed E-state index contributed by atoms with van der Waals surface area (Å²) in [5, 5.41) is 4.41. The van der Waals surface area contributed by atoms with Crippen LogP contribution in [0.5, 0.6) is 17.2 Å². The van der Waals surface area contributed by atoms with Crippen molar-refractivity contribution in [3.8, 4) is 17.2 Å². The summed E-state index contributed by atoms with van der Waals surface area (Å²) >= 11 is 0. The van der Waals surface area contributed by atoms with Gasteiger partial charge in [-0.25, -0.2) is 0 Å². The van der Waals surface area contributed by atoms with Gasteiger partial charge in [0.25, 0.3) is 0 Å². The van der Waals surface area contributed by atoms with Gasteiger partial charge in [-0.05, 0) is 62.0 Å². The second kappa shape index (κ2) is 6.96. The van der Waals surface area contributed by atoms with E-state index in [0.29, 0.717) is 5.92 Å². The fraction of sp³-hybridized carbons (Fsp3) is 0.526. The molecule has 4 rings (SSSR count). The molecule has 6 nitrogen and oxygen atoms in total. The Kier molecular flexibility index (Phi) is 4.53. The van der Waals surface area contributed by atoms with Crippen LogP contribution in [0.15, 0.2) is 24.5 Å². The molecule has 0 aliphatic carbocycles. The molecule has 1 aromatic carbocycles. The highest BCUT2D eigenvalue weighted by atomic mass is 16.7. The number of nitrogens with zero attached hydrogens (tertiary/aromatic N) is 3. The summed E-state index contributed by atoms with van der Waals surface area (Å²) < 4.78 is 18.5. The minimum Gasteiger partial charge on any atom is -0.493 e. The van der Waals surface area contributed by atoms with Gasteiger partial charge in [0.1, 0.15) is 0 Å². The van der Waals surface area contributed by atoms with Crippen molar-refractivity contribution in [1.29, 1.82) is 0 Å². The Balaban J connectivity index is 1.39. The number of likely N-dealkylation sites (tertiary alicyclic amines) is 1. The zero-order valence-corrected chi connectivity index (χ0v) is 14.9. The third-order valence-electron chi connectivity index (χ3n) is 5.16. The number of aryl methyl sites for hydroxylation is 1. The van der Waals surface area contributed by atoms with Crippen LogP contribution < -0.4 is 14.2 Å². The van der Waals surface area contributed by atoms with Crippen LogP contribution in [0.2, 0.25) is 0 Å². The average Bonchev–Trinajstić information content (AvgIpc) is 3.30. The molecule has 25 heavy (non-hydrogen) atoms. The number of hydrogen-bond acceptors (Lipinski definition) is 5. The first-order valence-corrected chi connectivity index (χ1v) is 8.98. The lowest BCUT2D eigenvalue weighted by atomic mass is 9.91. The fourth-order valence-electron chi connectivity index (χ4n) is 3.72. The van der Waals surface area contributed by atoms with Crippen molar-refractivity contribution in [2.45, 2.75) is 38.8 Å². The van der Waals surface area contributed by atoms with E-state index in [1.54, 1.807) is 7.11 Å². The van der Waals surface area contributed by atoms with E-state index in [9.17, 15) is 0 Å². The first-order valence-electron chi connectivity index (χ1n) is 8.98. The van der Waals surface area contributed by atoms with E-state index in [2.05, 4.69) is 35.3 Å². The van der Waals surface area contributed by atoms with Gasteiger partial charge >= 0.3 is 0 Å². The van der Waals surface area contributed by atoms with Gasteiger partial charge in [-0.2, -0.15) is 5.10 Å². The van der Waals surface area contributed by atoms with Crippen molar-refractivity contribution in [3.63, 3.8) is 0 Å². The lowest BCUT2D eigenvalue weighted by molar-refractivity contribution is 0.171. The molecular weight excluding hydrogens is 318 g/mol. The zero-order valence-electron chi connectivity index (χ0n) is 14.9. The quantitative estimate of drug-likeness (QED) is 0.835. The van der Waals surface area contributed by atoms with Crippen molar-refractivity contribution < 1.29 is 14.2 Å². The highest BCUT2D eigenvalue weighted by molar-refractivity contribution is 5.55. The molecule has 0 saturated carbocycles. The van der Waals surface area contributed by atoms with Gasteiger partial charge in [-0.15, -0.1) is 0 Å². The van der Waals surface area contributed by atoms with E-state index in [-0.39, 0.29) is 6.79 Å². The van der Waals surface area contributed by atoms with Gasteiger partial charge in [-0.1, -0.05) is 0 Å². The first-order chi connectivity index (χ1) is 12.3. The van der Waals surface area contributed by atoms with Gasteiger partial charge in [0, 0.05) is 19.3 Å². The van der Waals surface area contributed by atoms with Crippen LogP contribution in [0.25, 0.3) is 0 Å². The van der Waals surface area contributed by atoms with Crippen LogP contribution in [-0.2, 0) is 13.1 Å². The maximum Gasteiger partial charge on any atom is 0.231 e. The molecule has 1 saturated heterocycles. The van der Waals surface area contributed by atoms with E-state index in [0.717, 1.165) is 43.4 Å². The zero-order chi connectivity index (χ0) is 17.2. The molecule has 3 heterocycles. The standard InChI is InChI=1S/C19H25N3O3/c1-3-22-12-16(10-20-22)15-4-6-21(7-5-15)11-14-8-17(23-2)19-18(9-14)24-13-25-19/h8-10,12,15H,3-7,11,13H2,1-2H3. The molecule has 0 N–H and O–H groups in total. The number of aromatic nitrogens is 2. The van der Waals surface area contributed by atoms with Crippen LogP contribution in [0.4, 0.5) is 0 Å². The number of piperidine rings is 1. The summed E-state index contributed by atoms with van der Waals surface area (Å²) in [6, 6.07) is 4.13. The lowest BCUT2D eigenvalue weighted by Gasteiger charge is -2.31. The number of rotatable bonds is 5. The Morgan fingerprint density at radius 1 is 1.24 bits per heavy atom. The van der Waals surface area contributed by atoms with E-state index in [4.69, 9.17) is 14.2 Å². The minimum atomic E-state index is 0.270. The van der Waals surface area contributed by atoms with E-state index >= 15 is 0 Å². The second-order valence-corrected chi connectivity index (χ2v) is 6.71. The highest BCUT2D eigenvalue weighted by Crippen LogP contribution is 2.42. The molecule has 2 aromatic rings. The Morgan fingerprint density at radius 3 is 2.80 bits per heavy atom. The molecule has 0 atom stereocenters. The summed E-state index contributed by atoms with van der Waals surface area (Å²) in [5.41, 5.74) is 2.59. The van der Waals surface area contributed by atoms with E-state index < -0.39 is 0 Å². The smallest absolute Gasteiger partial charge is 0.231 e. The lowest BCUT2D eigenvalue weighted by Crippen LogP contribution is -2.32. The van der Waals surface area contributed by atoms with Crippen LogP contribution in [0.1, 0.15) is 36.8 Å². The van der Waals surface area contributed by atoms with Gasteiger partial charge in [0.05, 0.1) is 13.3 Å². The topological polar surface area (TPSA) is 48.8 Å². The SMILES string of the molecule is CCn1cc(C2CCN(Cc3cc(OC)c4c(c3)OCO4)CC2)cn1. The molecule has 0 amide bonds. The third kappa shape index (κ3) is 3.31. The van der Waals surface area contributed by atoms with Crippen LogP contribution >= 0.6 is 0 Å². The van der Waals surface area contributed by atoms with E-state index in [1.165, 1.54) is 24.0 Å². The maximum atomic E-state index is 5.53. The molecule has 1 aromatic heterocycles. The summed E-state index contributed by atoms with van der Waals surface area (Å²) in [6.07, 6.45) is 6.59. The van der Waals surface area contributed by atoms with Crippen LogP contribution in [0.3, 0.4) is 0 Å². The maximum absolute atomic E-state index is 5.53. The molecule has 134 valence electrons. The third-order valence-corrected chi connectivity index (χ3v) is 5.16. The Labute approximate surface area is 148 Å². The number of hydrogen-bond donors (Lipinski definition) is 0. The number of benzene rings is 1. The number of fused-ring (bicyclic) bond motifs is 1. The van der Waals surface area contributed by atoms with Gasteiger partial charge < -0.3 is 14.2 Å². The minimum absolute atomic E-state index is 0.270. The molecule has 2 aliphatic heterocycles. The number of methoxy groups -OCH3 is 1. The predicted molar refractivity (Wildman–Crippen MR) is 94.3 cm³/mol. The molecule has 0 radical (unpaired) electrons. The van der Waals surface area contributed by atoms with E-state index in [1.807, 2.05) is 10.9 Å². The second-order valence-electron chi connectivity index (χ2n) is 6.71.